The molecule has 92 valence electrons. The van der Waals surface area contributed by atoms with Crippen LogP contribution in [0.2, 0.25) is 0 Å². The van der Waals surface area contributed by atoms with Crippen LogP contribution in [0.25, 0.3) is 0 Å². The highest BCUT2D eigenvalue weighted by molar-refractivity contribution is 5.99. The number of ether oxygens (including phenoxy) is 1. The fourth-order valence-corrected chi connectivity index (χ4v) is 1.71. The zero-order chi connectivity index (χ0) is 13.0. The Kier molecular flexibility index (Phi) is 4.26. The molecule has 4 nitrogen and oxygen atoms in total. The van der Waals surface area contributed by atoms with Crippen LogP contribution < -0.4 is 4.74 Å². The van der Waals surface area contributed by atoms with Gasteiger partial charge in [0.15, 0.2) is 5.78 Å². The van der Waals surface area contributed by atoms with E-state index in [0.29, 0.717) is 11.3 Å². The van der Waals surface area contributed by atoms with Crippen LogP contribution in [-0.2, 0) is 4.79 Å². The van der Waals surface area contributed by atoms with E-state index in [4.69, 9.17) is 9.84 Å². The van der Waals surface area contributed by atoms with Crippen molar-refractivity contribution in [2.45, 2.75) is 26.7 Å². The van der Waals surface area contributed by atoms with Crippen LogP contribution in [0.1, 0.15) is 34.3 Å². The largest absolute Gasteiger partial charge is 0.496 e. The lowest BCUT2D eigenvalue weighted by atomic mass is 9.99. The summed E-state index contributed by atoms with van der Waals surface area (Å²) in [4.78, 5) is 22.3. The van der Waals surface area contributed by atoms with Gasteiger partial charge in [-0.1, -0.05) is 6.07 Å². The van der Waals surface area contributed by atoms with Gasteiger partial charge in [-0.15, -0.1) is 0 Å². The molecule has 1 rings (SSSR count). The Labute approximate surface area is 100 Å². The molecular formula is C13H16O4. The van der Waals surface area contributed by atoms with Gasteiger partial charge in [-0.25, -0.2) is 0 Å². The molecule has 4 heteroatoms. The molecule has 0 unspecified atom stereocenters. The molecule has 0 aromatic heterocycles. The number of carbonyl (C=O) groups is 2. The Morgan fingerprint density at radius 3 is 2.35 bits per heavy atom. The molecule has 0 spiro atoms. The summed E-state index contributed by atoms with van der Waals surface area (Å²) in [5.41, 5.74) is 2.34. The second-order valence-electron chi connectivity index (χ2n) is 3.95. The molecule has 0 aliphatic rings. The number of Topliss-reactive ketones (excluding diaryl/α,β-unsaturated/α-hetero) is 1. The Hall–Kier alpha value is -1.84. The van der Waals surface area contributed by atoms with E-state index in [1.54, 1.807) is 13.2 Å². The average molecular weight is 236 g/mol. The smallest absolute Gasteiger partial charge is 0.303 e. The van der Waals surface area contributed by atoms with Crippen molar-refractivity contribution in [1.82, 2.24) is 0 Å². The quantitative estimate of drug-likeness (QED) is 0.797. The third kappa shape index (κ3) is 3.31. The summed E-state index contributed by atoms with van der Waals surface area (Å²) >= 11 is 0. The minimum absolute atomic E-state index is 0.0163. The van der Waals surface area contributed by atoms with Gasteiger partial charge in [0.1, 0.15) is 5.75 Å². The van der Waals surface area contributed by atoms with Gasteiger partial charge < -0.3 is 9.84 Å². The van der Waals surface area contributed by atoms with E-state index in [9.17, 15) is 9.59 Å². The first-order valence-corrected chi connectivity index (χ1v) is 5.36. The van der Waals surface area contributed by atoms with Gasteiger partial charge >= 0.3 is 5.97 Å². The minimum Gasteiger partial charge on any atom is -0.496 e. The number of rotatable bonds is 5. The van der Waals surface area contributed by atoms with E-state index in [-0.39, 0.29) is 18.6 Å². The fraction of sp³-hybridized carbons (Fsp3) is 0.385. The van der Waals surface area contributed by atoms with Crippen LogP contribution in [0.15, 0.2) is 12.1 Å². The highest BCUT2D eigenvalue weighted by atomic mass is 16.5. The predicted molar refractivity (Wildman–Crippen MR) is 63.7 cm³/mol. The van der Waals surface area contributed by atoms with E-state index in [0.717, 1.165) is 11.1 Å². The Bertz CT molecular complexity index is 449. The number of hydrogen-bond donors (Lipinski definition) is 1. The first-order chi connectivity index (χ1) is 7.95. The van der Waals surface area contributed by atoms with E-state index in [2.05, 4.69) is 0 Å². The standard InChI is InChI=1S/C13H16O4/c1-8-6-9(2)12(17-3)7-10(8)11(14)4-5-13(15)16/h6-7H,4-5H2,1-3H3,(H,15,16). The van der Waals surface area contributed by atoms with Gasteiger partial charge in [-0.05, 0) is 31.0 Å². The number of hydrogen-bond acceptors (Lipinski definition) is 3. The number of aryl methyl sites for hydroxylation is 2. The maximum Gasteiger partial charge on any atom is 0.303 e. The number of carboxylic acid groups (broad SMARTS) is 1. The van der Waals surface area contributed by atoms with Gasteiger partial charge in [0, 0.05) is 12.0 Å². The van der Waals surface area contributed by atoms with Crippen LogP contribution in [0.4, 0.5) is 0 Å². The molecule has 0 amide bonds. The topological polar surface area (TPSA) is 63.6 Å². The first-order valence-electron chi connectivity index (χ1n) is 5.36. The van der Waals surface area contributed by atoms with Crippen LogP contribution >= 0.6 is 0 Å². The monoisotopic (exact) mass is 236 g/mol. The molecule has 1 aromatic carbocycles. The normalized spacial score (nSPS) is 10.1. The van der Waals surface area contributed by atoms with Crippen molar-refractivity contribution in [2.24, 2.45) is 0 Å². The van der Waals surface area contributed by atoms with Crippen LogP contribution in [0.5, 0.6) is 5.75 Å². The van der Waals surface area contributed by atoms with Crippen molar-refractivity contribution in [3.05, 3.63) is 28.8 Å². The Balaban J connectivity index is 2.97. The fourth-order valence-electron chi connectivity index (χ4n) is 1.71. The number of benzene rings is 1. The lowest BCUT2D eigenvalue weighted by molar-refractivity contribution is -0.136. The second-order valence-corrected chi connectivity index (χ2v) is 3.95. The lowest BCUT2D eigenvalue weighted by Gasteiger charge is -2.10. The molecule has 0 saturated carbocycles. The lowest BCUT2D eigenvalue weighted by Crippen LogP contribution is -2.06. The Morgan fingerprint density at radius 1 is 1.18 bits per heavy atom. The van der Waals surface area contributed by atoms with Crippen LogP contribution in [0, 0.1) is 13.8 Å². The summed E-state index contributed by atoms with van der Waals surface area (Å²) in [6.45, 7) is 3.73. The van der Waals surface area contributed by atoms with Crippen LogP contribution in [-0.4, -0.2) is 24.0 Å². The SMILES string of the molecule is COc1cc(C(=O)CCC(=O)O)c(C)cc1C. The molecular weight excluding hydrogens is 220 g/mol. The molecule has 1 aromatic rings. The molecule has 0 heterocycles. The summed E-state index contributed by atoms with van der Waals surface area (Å²) < 4.78 is 5.15. The summed E-state index contributed by atoms with van der Waals surface area (Å²) in [5.74, 6) is -0.479. The van der Waals surface area contributed by atoms with E-state index < -0.39 is 5.97 Å². The van der Waals surface area contributed by atoms with E-state index in [1.165, 1.54) is 0 Å². The van der Waals surface area contributed by atoms with Gasteiger partial charge in [-0.3, -0.25) is 9.59 Å². The van der Waals surface area contributed by atoms with Crippen molar-refractivity contribution < 1.29 is 19.4 Å². The molecule has 0 bridgehead atoms. The summed E-state index contributed by atoms with van der Waals surface area (Å²) in [5, 5.41) is 8.55. The minimum atomic E-state index is -0.963. The van der Waals surface area contributed by atoms with Gasteiger partial charge in [0.25, 0.3) is 0 Å². The molecule has 0 aliphatic carbocycles. The maximum absolute atomic E-state index is 11.8. The van der Waals surface area contributed by atoms with Crippen molar-refractivity contribution in [3.8, 4) is 5.75 Å². The molecule has 0 radical (unpaired) electrons. The van der Waals surface area contributed by atoms with E-state index in [1.807, 2.05) is 19.9 Å². The number of carboxylic acids is 1. The van der Waals surface area contributed by atoms with Crippen molar-refractivity contribution in [3.63, 3.8) is 0 Å². The van der Waals surface area contributed by atoms with Crippen LogP contribution in [0.3, 0.4) is 0 Å². The molecule has 0 atom stereocenters. The molecule has 17 heavy (non-hydrogen) atoms. The number of ketones is 1. The molecule has 1 N–H and O–H groups in total. The number of methoxy groups -OCH3 is 1. The van der Waals surface area contributed by atoms with Crippen molar-refractivity contribution >= 4 is 11.8 Å². The highest BCUT2D eigenvalue weighted by Gasteiger charge is 2.13. The first kappa shape index (κ1) is 13.2. The van der Waals surface area contributed by atoms with Crippen molar-refractivity contribution in [1.29, 1.82) is 0 Å². The Morgan fingerprint density at radius 2 is 1.82 bits per heavy atom. The van der Waals surface area contributed by atoms with E-state index >= 15 is 0 Å². The average Bonchev–Trinajstić information content (AvgIpc) is 2.26. The molecule has 0 aliphatic heterocycles. The summed E-state index contributed by atoms with van der Waals surface area (Å²) in [6, 6.07) is 3.54. The van der Waals surface area contributed by atoms with Gasteiger partial charge in [0.05, 0.1) is 13.5 Å². The zero-order valence-electron chi connectivity index (χ0n) is 10.2. The summed E-state index contributed by atoms with van der Waals surface area (Å²) in [6.07, 6.45) is -0.128. The third-order valence-electron chi connectivity index (χ3n) is 2.61. The zero-order valence-corrected chi connectivity index (χ0v) is 10.2. The predicted octanol–water partition coefficient (Wildman–Crippen LogP) is 2.36. The summed E-state index contributed by atoms with van der Waals surface area (Å²) in [7, 11) is 1.54. The molecule has 0 saturated heterocycles. The number of aliphatic carboxylic acids is 1. The second kappa shape index (κ2) is 5.48. The van der Waals surface area contributed by atoms with Gasteiger partial charge in [0.2, 0.25) is 0 Å². The van der Waals surface area contributed by atoms with Gasteiger partial charge in [-0.2, -0.15) is 0 Å². The highest BCUT2D eigenvalue weighted by Crippen LogP contribution is 2.23. The maximum atomic E-state index is 11.8. The van der Waals surface area contributed by atoms with Crippen molar-refractivity contribution in [2.75, 3.05) is 7.11 Å². The molecule has 0 fully saturated rings. The number of carbonyl (C=O) groups excluding carboxylic acids is 1. The third-order valence-corrected chi connectivity index (χ3v) is 2.61.